The summed E-state index contributed by atoms with van der Waals surface area (Å²) >= 11 is 0. The van der Waals surface area contributed by atoms with Gasteiger partial charge >= 0.3 is 5.97 Å². The Balaban J connectivity index is 0.000000845. The van der Waals surface area contributed by atoms with E-state index in [9.17, 15) is 4.79 Å². The average Bonchev–Trinajstić information content (AvgIpc) is 2.27. The summed E-state index contributed by atoms with van der Waals surface area (Å²) in [5, 5.41) is 12.0. The summed E-state index contributed by atoms with van der Waals surface area (Å²) < 4.78 is 0. The molecule has 4 heteroatoms. The number of halogens is 1. The third-order valence-electron chi connectivity index (χ3n) is 3.42. The smallest absolute Gasteiger partial charge is 0.321 e. The van der Waals surface area contributed by atoms with Gasteiger partial charge in [0.2, 0.25) is 0 Å². The Kier molecular flexibility index (Phi) is 2.61. The van der Waals surface area contributed by atoms with E-state index in [0.717, 1.165) is 6.54 Å². The summed E-state index contributed by atoms with van der Waals surface area (Å²) in [5.41, 5.74) is 0.233. The van der Waals surface area contributed by atoms with Crippen LogP contribution in [0.25, 0.3) is 0 Å². The van der Waals surface area contributed by atoms with Gasteiger partial charge in [-0.2, -0.15) is 0 Å². The van der Waals surface area contributed by atoms with Crippen molar-refractivity contribution in [2.45, 2.75) is 26.3 Å². The van der Waals surface area contributed by atoms with Crippen molar-refractivity contribution in [3.05, 3.63) is 0 Å². The van der Waals surface area contributed by atoms with Crippen LogP contribution in [0.1, 0.15) is 20.3 Å². The van der Waals surface area contributed by atoms with E-state index in [2.05, 4.69) is 19.2 Å². The Morgan fingerprint density at radius 2 is 2.15 bits per heavy atom. The number of nitrogens with one attached hydrogen (secondary N) is 1. The van der Waals surface area contributed by atoms with Crippen molar-refractivity contribution in [3.63, 3.8) is 0 Å². The summed E-state index contributed by atoms with van der Waals surface area (Å²) in [6.07, 6.45) is 1.18. The molecule has 2 fully saturated rings. The molecule has 0 unspecified atom stereocenters. The van der Waals surface area contributed by atoms with Gasteiger partial charge in [0.25, 0.3) is 0 Å². The van der Waals surface area contributed by atoms with E-state index in [1.54, 1.807) is 0 Å². The Morgan fingerprint density at radius 1 is 1.54 bits per heavy atom. The summed E-state index contributed by atoms with van der Waals surface area (Å²) in [7, 11) is 0. The van der Waals surface area contributed by atoms with Crippen LogP contribution in [0.2, 0.25) is 0 Å². The minimum absolute atomic E-state index is 0. The number of carboxylic acids is 1. The third-order valence-corrected chi connectivity index (χ3v) is 3.42. The maximum absolute atomic E-state index is 10.8. The lowest BCUT2D eigenvalue weighted by molar-refractivity contribution is -0.144. The molecule has 2 rings (SSSR count). The molecule has 1 aliphatic carbocycles. The quantitative estimate of drug-likeness (QED) is 0.675. The highest BCUT2D eigenvalue weighted by Gasteiger charge is 2.56. The van der Waals surface area contributed by atoms with E-state index < -0.39 is 5.97 Å². The second-order valence-electron chi connectivity index (χ2n) is 4.70. The number of rotatable bonds is 1. The lowest BCUT2D eigenvalue weighted by atomic mass is 9.55. The lowest BCUT2D eigenvalue weighted by Crippen LogP contribution is -2.49. The van der Waals surface area contributed by atoms with Gasteiger partial charge in [0.1, 0.15) is 6.04 Å². The van der Waals surface area contributed by atoms with Crippen LogP contribution in [0.5, 0.6) is 0 Å². The standard InChI is InChI=1S/C9H15NO2.ClH/c1-9(2)3-5-4-10-7(6(5)9)8(11)12;/h5-7,10H,3-4H2,1-2H3,(H,11,12);1H/t5-,6-,7-;/m0./s1. The second-order valence-corrected chi connectivity index (χ2v) is 4.70. The first-order chi connectivity index (χ1) is 5.52. The molecule has 0 radical (unpaired) electrons. The van der Waals surface area contributed by atoms with E-state index in [0.29, 0.717) is 11.8 Å². The van der Waals surface area contributed by atoms with Gasteiger partial charge in [-0.3, -0.25) is 4.79 Å². The molecule has 3 atom stereocenters. The molecule has 0 bridgehead atoms. The fourth-order valence-corrected chi connectivity index (χ4v) is 2.99. The maximum Gasteiger partial charge on any atom is 0.321 e. The SMILES string of the molecule is CC1(C)C[C@H]2CN[C@H](C(=O)O)[C@H]21.Cl. The zero-order chi connectivity index (χ0) is 8.93. The normalized spacial score (nSPS) is 40.0. The molecule has 0 aromatic heterocycles. The summed E-state index contributed by atoms with van der Waals surface area (Å²) in [5.74, 6) is 0.284. The van der Waals surface area contributed by atoms with Crippen LogP contribution >= 0.6 is 12.4 Å². The van der Waals surface area contributed by atoms with Crippen LogP contribution in [-0.2, 0) is 4.79 Å². The van der Waals surface area contributed by atoms with Gasteiger partial charge < -0.3 is 10.4 Å². The Morgan fingerprint density at radius 3 is 2.54 bits per heavy atom. The molecule has 0 aromatic rings. The van der Waals surface area contributed by atoms with E-state index in [1.807, 2.05) is 0 Å². The van der Waals surface area contributed by atoms with Crippen LogP contribution in [-0.4, -0.2) is 23.7 Å². The van der Waals surface area contributed by atoms with Crippen molar-refractivity contribution in [1.82, 2.24) is 5.32 Å². The summed E-state index contributed by atoms with van der Waals surface area (Å²) in [6, 6.07) is -0.293. The van der Waals surface area contributed by atoms with Gasteiger partial charge in [0.05, 0.1) is 0 Å². The van der Waals surface area contributed by atoms with Gasteiger partial charge in [-0.25, -0.2) is 0 Å². The fraction of sp³-hybridized carbons (Fsp3) is 0.889. The largest absolute Gasteiger partial charge is 0.480 e. The molecule has 2 aliphatic rings. The molecule has 1 saturated heterocycles. The van der Waals surface area contributed by atoms with Crippen molar-refractivity contribution < 1.29 is 9.90 Å². The Hall–Kier alpha value is -0.280. The number of carboxylic acid groups (broad SMARTS) is 1. The second kappa shape index (κ2) is 3.14. The minimum Gasteiger partial charge on any atom is -0.480 e. The molecule has 1 heterocycles. The first-order valence-electron chi connectivity index (χ1n) is 4.48. The van der Waals surface area contributed by atoms with Gasteiger partial charge in [0.15, 0.2) is 0 Å². The molecule has 3 nitrogen and oxygen atoms in total. The number of hydrogen-bond donors (Lipinski definition) is 2. The minimum atomic E-state index is -0.685. The van der Waals surface area contributed by atoms with Crippen molar-refractivity contribution >= 4 is 18.4 Å². The molecule has 13 heavy (non-hydrogen) atoms. The van der Waals surface area contributed by atoms with Crippen molar-refractivity contribution in [2.24, 2.45) is 17.3 Å². The van der Waals surface area contributed by atoms with Crippen LogP contribution in [0.3, 0.4) is 0 Å². The van der Waals surface area contributed by atoms with E-state index in [-0.39, 0.29) is 23.9 Å². The first kappa shape index (κ1) is 10.8. The van der Waals surface area contributed by atoms with Crippen molar-refractivity contribution in [3.8, 4) is 0 Å². The zero-order valence-corrected chi connectivity index (χ0v) is 8.73. The molecule has 0 spiro atoms. The van der Waals surface area contributed by atoms with Crippen LogP contribution < -0.4 is 5.32 Å². The third kappa shape index (κ3) is 1.44. The topological polar surface area (TPSA) is 49.3 Å². The van der Waals surface area contributed by atoms with Crippen molar-refractivity contribution in [2.75, 3.05) is 6.54 Å². The van der Waals surface area contributed by atoms with E-state index in [1.165, 1.54) is 6.42 Å². The van der Waals surface area contributed by atoms with Gasteiger partial charge in [-0.1, -0.05) is 13.8 Å². The molecule has 0 amide bonds. The predicted molar refractivity (Wildman–Crippen MR) is 52.1 cm³/mol. The molecule has 0 aromatic carbocycles. The predicted octanol–water partition coefficient (Wildman–Crippen LogP) is 1.13. The number of fused-ring (bicyclic) bond motifs is 1. The van der Waals surface area contributed by atoms with Crippen LogP contribution in [0.15, 0.2) is 0 Å². The van der Waals surface area contributed by atoms with Gasteiger partial charge in [0, 0.05) is 0 Å². The molecule has 1 aliphatic heterocycles. The number of carbonyl (C=O) groups is 1. The van der Waals surface area contributed by atoms with Crippen LogP contribution in [0.4, 0.5) is 0 Å². The molecule has 76 valence electrons. The highest BCUT2D eigenvalue weighted by Crippen LogP contribution is 2.54. The van der Waals surface area contributed by atoms with E-state index in [4.69, 9.17) is 5.11 Å². The maximum atomic E-state index is 10.8. The van der Waals surface area contributed by atoms with Crippen molar-refractivity contribution in [1.29, 1.82) is 0 Å². The first-order valence-corrected chi connectivity index (χ1v) is 4.48. The highest BCUT2D eigenvalue weighted by molar-refractivity contribution is 5.85. The number of hydrogen-bond acceptors (Lipinski definition) is 2. The Bertz CT molecular complexity index is 230. The Labute approximate surface area is 84.3 Å². The molecular weight excluding hydrogens is 190 g/mol. The van der Waals surface area contributed by atoms with Gasteiger partial charge in [-0.05, 0) is 30.2 Å². The summed E-state index contributed by atoms with van der Waals surface area (Å²) in [6.45, 7) is 5.22. The highest BCUT2D eigenvalue weighted by atomic mass is 35.5. The van der Waals surface area contributed by atoms with E-state index >= 15 is 0 Å². The zero-order valence-electron chi connectivity index (χ0n) is 7.91. The number of aliphatic carboxylic acids is 1. The average molecular weight is 206 g/mol. The molecule has 1 saturated carbocycles. The monoisotopic (exact) mass is 205 g/mol. The molecule has 2 N–H and O–H groups in total. The molecular formula is C9H16ClNO2. The van der Waals surface area contributed by atoms with Gasteiger partial charge in [-0.15, -0.1) is 12.4 Å². The lowest BCUT2D eigenvalue weighted by Gasteiger charge is -2.48. The summed E-state index contributed by atoms with van der Waals surface area (Å²) in [4.78, 5) is 10.8. The fourth-order valence-electron chi connectivity index (χ4n) is 2.99. The van der Waals surface area contributed by atoms with Crippen LogP contribution in [0, 0.1) is 17.3 Å².